The van der Waals surface area contributed by atoms with Crippen LogP contribution < -0.4 is 5.32 Å². The van der Waals surface area contributed by atoms with Crippen LogP contribution in [0.15, 0.2) is 42.5 Å². The number of fused-ring (bicyclic) bond motifs is 1. The van der Waals surface area contributed by atoms with Crippen molar-refractivity contribution >= 4 is 23.4 Å². The van der Waals surface area contributed by atoms with Crippen molar-refractivity contribution in [3.05, 3.63) is 99.4 Å². The standard InChI is InChI=1S/C23H10F8N2O4/c24-14-15(25)17(27)19(18(28)16(14)26)32-20(34)13-7-10(23(29,30)31)6-5-9(13)8-37-33-21(35)11-3-1-2-4-12(11)22(33)36/h1-7H,8H2,(H,32,34). The van der Waals surface area contributed by atoms with E-state index in [0.29, 0.717) is 17.2 Å². The molecule has 3 amide bonds. The highest BCUT2D eigenvalue weighted by molar-refractivity contribution is 6.20. The van der Waals surface area contributed by atoms with E-state index in [1.54, 1.807) is 0 Å². The second-order valence-electron chi connectivity index (χ2n) is 7.49. The third-order valence-corrected chi connectivity index (χ3v) is 5.24. The molecule has 6 nitrogen and oxygen atoms in total. The molecule has 0 atom stereocenters. The van der Waals surface area contributed by atoms with E-state index in [0.717, 1.165) is 0 Å². The van der Waals surface area contributed by atoms with E-state index in [1.807, 2.05) is 0 Å². The van der Waals surface area contributed by atoms with Gasteiger partial charge in [0.15, 0.2) is 23.3 Å². The van der Waals surface area contributed by atoms with Gasteiger partial charge in [-0.1, -0.05) is 18.2 Å². The number of hydroxylamine groups is 2. The molecule has 3 aromatic rings. The Hall–Kier alpha value is -4.33. The van der Waals surface area contributed by atoms with Gasteiger partial charge < -0.3 is 5.32 Å². The molecule has 3 aromatic carbocycles. The number of amides is 3. The van der Waals surface area contributed by atoms with Crippen molar-refractivity contribution in [3.63, 3.8) is 0 Å². The minimum absolute atomic E-state index is 0.0239. The minimum atomic E-state index is -5.00. The van der Waals surface area contributed by atoms with Crippen LogP contribution in [0.25, 0.3) is 0 Å². The van der Waals surface area contributed by atoms with Crippen LogP contribution in [-0.2, 0) is 17.6 Å². The minimum Gasteiger partial charge on any atom is -0.317 e. The maximum Gasteiger partial charge on any atom is 0.416 e. The van der Waals surface area contributed by atoms with Gasteiger partial charge >= 0.3 is 6.18 Å². The van der Waals surface area contributed by atoms with E-state index < -0.39 is 82.0 Å². The zero-order valence-electron chi connectivity index (χ0n) is 17.9. The summed E-state index contributed by atoms with van der Waals surface area (Å²) < 4.78 is 108. The van der Waals surface area contributed by atoms with Crippen molar-refractivity contribution in [2.24, 2.45) is 0 Å². The van der Waals surface area contributed by atoms with E-state index in [9.17, 15) is 49.5 Å². The topological polar surface area (TPSA) is 75.7 Å². The summed E-state index contributed by atoms with van der Waals surface area (Å²) in [5.41, 5.74) is -4.62. The monoisotopic (exact) mass is 530 g/mol. The van der Waals surface area contributed by atoms with E-state index in [4.69, 9.17) is 4.84 Å². The number of anilines is 1. The summed E-state index contributed by atoms with van der Waals surface area (Å²) >= 11 is 0. The SMILES string of the molecule is O=C(Nc1c(F)c(F)c(F)c(F)c1F)c1cc(C(F)(F)F)ccc1CON1C(=O)c2ccccc2C1=O. The summed E-state index contributed by atoms with van der Waals surface area (Å²) in [5, 5.41) is 1.68. The summed E-state index contributed by atoms with van der Waals surface area (Å²) in [7, 11) is 0. The van der Waals surface area contributed by atoms with Gasteiger partial charge in [-0.3, -0.25) is 19.2 Å². The van der Waals surface area contributed by atoms with E-state index in [1.165, 1.54) is 29.6 Å². The van der Waals surface area contributed by atoms with Crippen molar-refractivity contribution in [2.75, 3.05) is 5.32 Å². The first-order chi connectivity index (χ1) is 17.3. The molecule has 37 heavy (non-hydrogen) atoms. The van der Waals surface area contributed by atoms with Gasteiger partial charge in [0.1, 0.15) is 12.3 Å². The van der Waals surface area contributed by atoms with Gasteiger partial charge in [0.25, 0.3) is 17.7 Å². The number of carbonyl (C=O) groups excluding carboxylic acids is 3. The van der Waals surface area contributed by atoms with E-state index in [-0.39, 0.29) is 17.2 Å². The number of halogens is 8. The highest BCUT2D eigenvalue weighted by Gasteiger charge is 2.37. The van der Waals surface area contributed by atoms with Crippen LogP contribution in [0.3, 0.4) is 0 Å². The molecule has 0 aliphatic carbocycles. The lowest BCUT2D eigenvalue weighted by Gasteiger charge is -2.17. The zero-order chi connectivity index (χ0) is 27.2. The normalized spacial score (nSPS) is 13.2. The van der Waals surface area contributed by atoms with Gasteiger partial charge in [-0.25, -0.2) is 22.0 Å². The van der Waals surface area contributed by atoms with Gasteiger partial charge in [0, 0.05) is 5.56 Å². The number of nitrogens with one attached hydrogen (secondary N) is 1. The third kappa shape index (κ3) is 4.50. The fourth-order valence-electron chi connectivity index (χ4n) is 3.40. The Kier molecular flexibility index (Phi) is 6.46. The number of rotatable bonds is 5. The number of benzene rings is 3. The Bertz CT molecular complexity index is 1410. The van der Waals surface area contributed by atoms with Gasteiger partial charge in [0.2, 0.25) is 5.82 Å². The molecule has 0 bridgehead atoms. The molecule has 14 heteroatoms. The van der Waals surface area contributed by atoms with Crippen LogP contribution in [0.5, 0.6) is 0 Å². The molecule has 0 saturated carbocycles. The largest absolute Gasteiger partial charge is 0.416 e. The lowest BCUT2D eigenvalue weighted by Crippen LogP contribution is -2.30. The molecule has 0 aromatic heterocycles. The average molecular weight is 530 g/mol. The molecule has 4 rings (SSSR count). The Morgan fingerprint density at radius 1 is 0.811 bits per heavy atom. The van der Waals surface area contributed by atoms with Crippen molar-refractivity contribution in [2.45, 2.75) is 12.8 Å². The van der Waals surface area contributed by atoms with Crippen LogP contribution in [0.4, 0.5) is 40.8 Å². The fraction of sp³-hybridized carbons (Fsp3) is 0.0870. The van der Waals surface area contributed by atoms with Crippen LogP contribution in [0.2, 0.25) is 0 Å². The van der Waals surface area contributed by atoms with Crippen molar-refractivity contribution in [1.82, 2.24) is 5.06 Å². The first-order valence-corrected chi connectivity index (χ1v) is 9.96. The second-order valence-corrected chi connectivity index (χ2v) is 7.49. The van der Waals surface area contributed by atoms with E-state index in [2.05, 4.69) is 0 Å². The van der Waals surface area contributed by atoms with Gasteiger partial charge in [-0.15, -0.1) is 5.06 Å². The third-order valence-electron chi connectivity index (χ3n) is 5.24. The maximum atomic E-state index is 14.0. The van der Waals surface area contributed by atoms with Gasteiger partial charge in [-0.05, 0) is 29.8 Å². The highest BCUT2D eigenvalue weighted by Crippen LogP contribution is 2.33. The van der Waals surface area contributed by atoms with E-state index >= 15 is 0 Å². The number of alkyl halides is 3. The first-order valence-electron chi connectivity index (χ1n) is 9.96. The van der Waals surface area contributed by atoms with Crippen molar-refractivity contribution in [3.8, 4) is 0 Å². The predicted octanol–water partition coefficient (Wildman–Crippen LogP) is 5.38. The first kappa shape index (κ1) is 25.8. The smallest absolute Gasteiger partial charge is 0.317 e. The fourth-order valence-corrected chi connectivity index (χ4v) is 3.40. The summed E-state index contributed by atoms with van der Waals surface area (Å²) in [6.45, 7) is -0.872. The molecule has 0 unspecified atom stereocenters. The molecule has 0 saturated heterocycles. The Morgan fingerprint density at radius 3 is 1.84 bits per heavy atom. The maximum absolute atomic E-state index is 14.0. The van der Waals surface area contributed by atoms with Crippen LogP contribution >= 0.6 is 0 Å². The van der Waals surface area contributed by atoms with Crippen molar-refractivity contribution < 1.29 is 54.3 Å². The molecule has 1 heterocycles. The Morgan fingerprint density at radius 2 is 1.32 bits per heavy atom. The summed E-state index contributed by atoms with van der Waals surface area (Å²) in [6, 6.07) is 7.03. The Balaban J connectivity index is 1.67. The van der Waals surface area contributed by atoms with Crippen molar-refractivity contribution in [1.29, 1.82) is 0 Å². The zero-order valence-corrected chi connectivity index (χ0v) is 17.9. The van der Waals surface area contributed by atoms with Crippen LogP contribution in [0, 0.1) is 29.1 Å². The molecular weight excluding hydrogens is 520 g/mol. The lowest BCUT2D eigenvalue weighted by molar-refractivity contribution is -0.137. The molecule has 0 radical (unpaired) electrons. The average Bonchev–Trinajstić information content (AvgIpc) is 3.11. The molecule has 0 spiro atoms. The molecular formula is C23H10F8N2O4. The summed E-state index contributed by atoms with van der Waals surface area (Å²) in [5.74, 6) is -15.7. The Labute approximate surface area is 201 Å². The number of carbonyl (C=O) groups is 3. The number of imide groups is 1. The lowest BCUT2D eigenvalue weighted by atomic mass is 10.0. The molecule has 192 valence electrons. The van der Waals surface area contributed by atoms with Gasteiger partial charge in [-0.2, -0.15) is 13.2 Å². The highest BCUT2D eigenvalue weighted by atomic mass is 19.4. The molecule has 1 aliphatic heterocycles. The quantitative estimate of drug-likeness (QED) is 0.208. The molecule has 0 fully saturated rings. The number of hydrogen-bond acceptors (Lipinski definition) is 4. The van der Waals surface area contributed by atoms with Crippen LogP contribution in [0.1, 0.15) is 42.2 Å². The number of hydrogen-bond donors (Lipinski definition) is 1. The predicted molar refractivity (Wildman–Crippen MR) is 107 cm³/mol. The molecule has 1 N–H and O–H groups in total. The van der Waals surface area contributed by atoms with Crippen LogP contribution in [-0.4, -0.2) is 22.8 Å². The number of nitrogens with zero attached hydrogens (tertiary/aromatic N) is 1. The second kappa shape index (κ2) is 9.28. The van der Waals surface area contributed by atoms with Gasteiger partial charge in [0.05, 0.1) is 16.7 Å². The summed E-state index contributed by atoms with van der Waals surface area (Å²) in [6.07, 6.45) is -5.00. The molecule has 1 aliphatic rings. The summed E-state index contributed by atoms with van der Waals surface area (Å²) in [4.78, 5) is 42.6.